The van der Waals surface area contributed by atoms with E-state index in [1.165, 1.54) is 17.6 Å². The van der Waals surface area contributed by atoms with Crippen LogP contribution in [0, 0.1) is 22.2 Å². The maximum absolute atomic E-state index is 13.5. The molecule has 0 bridgehead atoms. The third-order valence-electron chi connectivity index (χ3n) is 9.82. The lowest BCUT2D eigenvalue weighted by molar-refractivity contribution is -0.279. The van der Waals surface area contributed by atoms with E-state index in [4.69, 9.17) is 18.9 Å². The van der Waals surface area contributed by atoms with Gasteiger partial charge in [-0.25, -0.2) is 0 Å². The highest BCUT2D eigenvalue weighted by molar-refractivity contribution is 6.02. The molecule has 2 heterocycles. The second-order valence-electron chi connectivity index (χ2n) is 10.2. The highest BCUT2D eigenvalue weighted by Crippen LogP contribution is 2.86. The Hall–Kier alpha value is -0.750. The third-order valence-corrected chi connectivity index (χ3v) is 9.82. The molecule has 146 valence electrons. The Kier molecular flexibility index (Phi) is 2.70. The minimum absolute atomic E-state index is 0.0357. The van der Waals surface area contributed by atoms with Gasteiger partial charge in [-0.2, -0.15) is 0 Å². The molecule has 0 aromatic rings. The predicted octanol–water partition coefficient (Wildman–Crippen LogP) is 3.12. The van der Waals surface area contributed by atoms with Crippen molar-refractivity contribution in [2.24, 2.45) is 22.2 Å². The van der Waals surface area contributed by atoms with Crippen LogP contribution in [-0.4, -0.2) is 43.8 Å². The minimum Gasteiger partial charge on any atom is -0.347 e. The Morgan fingerprint density at radius 1 is 0.926 bits per heavy atom. The van der Waals surface area contributed by atoms with E-state index in [1.807, 2.05) is 0 Å². The zero-order valence-electron chi connectivity index (χ0n) is 16.1. The first-order valence-electron chi connectivity index (χ1n) is 10.8. The molecule has 5 nitrogen and oxygen atoms in total. The number of allylic oxidation sites excluding steroid dienone is 2. The number of ether oxygens (including phenoxy) is 4. The molecule has 27 heavy (non-hydrogen) atoms. The summed E-state index contributed by atoms with van der Waals surface area (Å²) in [5.74, 6) is -0.0726. The zero-order valence-corrected chi connectivity index (χ0v) is 16.1. The second-order valence-corrected chi connectivity index (χ2v) is 10.2. The van der Waals surface area contributed by atoms with E-state index < -0.39 is 11.6 Å². The molecule has 7 rings (SSSR count). The summed E-state index contributed by atoms with van der Waals surface area (Å²) in [5.41, 5.74) is 2.66. The van der Waals surface area contributed by atoms with Crippen molar-refractivity contribution in [1.29, 1.82) is 0 Å². The summed E-state index contributed by atoms with van der Waals surface area (Å²) in [6, 6.07) is 0. The zero-order chi connectivity index (χ0) is 18.1. The molecule has 0 aromatic carbocycles. The van der Waals surface area contributed by atoms with Crippen LogP contribution in [0.1, 0.15) is 58.3 Å². The topological polar surface area (TPSA) is 54.0 Å². The van der Waals surface area contributed by atoms with E-state index in [2.05, 4.69) is 6.92 Å². The Balaban J connectivity index is 1.37. The molecule has 4 spiro atoms. The molecule has 0 aromatic heterocycles. The molecule has 2 unspecified atom stereocenters. The molecule has 4 saturated carbocycles. The molecule has 2 aliphatic heterocycles. The van der Waals surface area contributed by atoms with E-state index in [1.54, 1.807) is 0 Å². The summed E-state index contributed by atoms with van der Waals surface area (Å²) in [6.45, 7) is 5.02. The third kappa shape index (κ3) is 1.44. The number of ketones is 1. The monoisotopic (exact) mass is 372 g/mol. The number of carbonyl (C=O) groups is 1. The molecular formula is C22H28O5. The molecular weight excluding hydrogens is 344 g/mol. The summed E-state index contributed by atoms with van der Waals surface area (Å²) in [6.07, 6.45) is 7.80. The Morgan fingerprint density at radius 3 is 2.37 bits per heavy atom. The van der Waals surface area contributed by atoms with E-state index in [9.17, 15) is 4.79 Å². The van der Waals surface area contributed by atoms with Gasteiger partial charge in [0.05, 0.1) is 26.4 Å². The van der Waals surface area contributed by atoms with Crippen molar-refractivity contribution in [2.45, 2.75) is 69.9 Å². The summed E-state index contributed by atoms with van der Waals surface area (Å²) >= 11 is 0. The van der Waals surface area contributed by atoms with Crippen LogP contribution in [0.2, 0.25) is 0 Å². The van der Waals surface area contributed by atoms with Crippen molar-refractivity contribution < 1.29 is 23.7 Å². The van der Waals surface area contributed by atoms with Crippen molar-refractivity contribution in [3.05, 3.63) is 11.1 Å². The molecule has 0 amide bonds. The number of carbonyl (C=O) groups excluding carboxylic acids is 1. The highest BCUT2D eigenvalue weighted by Gasteiger charge is 2.83. The summed E-state index contributed by atoms with van der Waals surface area (Å²) in [7, 11) is 0. The predicted molar refractivity (Wildman–Crippen MR) is 94.7 cm³/mol. The van der Waals surface area contributed by atoms with E-state index in [0.29, 0.717) is 44.5 Å². The average molecular weight is 372 g/mol. The van der Waals surface area contributed by atoms with Gasteiger partial charge < -0.3 is 18.9 Å². The van der Waals surface area contributed by atoms with Crippen LogP contribution in [0.3, 0.4) is 0 Å². The Bertz CT molecular complexity index is 789. The van der Waals surface area contributed by atoms with Crippen molar-refractivity contribution in [2.75, 3.05) is 26.4 Å². The standard InChI is InChI=1S/C22H28O5/c1-18-12-15(23)17-14-2-4-20(24-8-9-25-20)13-19(14)6-7-21(17,19)16(18)3-5-22(18)26-10-11-27-22/h16H,2-13H2,1H3/t16-,18?,19-,21?/m1/s1. The lowest BCUT2D eigenvalue weighted by Crippen LogP contribution is -2.74. The number of hydrogen-bond donors (Lipinski definition) is 0. The van der Waals surface area contributed by atoms with Crippen LogP contribution < -0.4 is 0 Å². The molecule has 2 saturated heterocycles. The maximum Gasteiger partial charge on any atom is 0.174 e. The molecule has 7 aliphatic rings. The van der Waals surface area contributed by atoms with Crippen molar-refractivity contribution >= 4 is 5.78 Å². The van der Waals surface area contributed by atoms with E-state index in [-0.39, 0.29) is 16.2 Å². The van der Waals surface area contributed by atoms with Gasteiger partial charge in [0.25, 0.3) is 0 Å². The summed E-state index contributed by atoms with van der Waals surface area (Å²) in [4.78, 5) is 13.5. The first kappa shape index (κ1) is 16.1. The molecule has 5 heteroatoms. The Labute approximate surface area is 159 Å². The van der Waals surface area contributed by atoms with Gasteiger partial charge in [-0.05, 0) is 31.6 Å². The Morgan fingerprint density at radius 2 is 1.67 bits per heavy atom. The van der Waals surface area contributed by atoms with Crippen molar-refractivity contribution in [3.63, 3.8) is 0 Å². The number of fused-ring (bicyclic) bond motifs is 2. The van der Waals surface area contributed by atoms with Crippen molar-refractivity contribution in [3.8, 4) is 0 Å². The first-order valence-corrected chi connectivity index (χ1v) is 10.8. The van der Waals surface area contributed by atoms with Gasteiger partial charge in [0.2, 0.25) is 0 Å². The smallest absolute Gasteiger partial charge is 0.174 e. The van der Waals surface area contributed by atoms with Gasteiger partial charge in [-0.1, -0.05) is 12.5 Å². The quantitative estimate of drug-likeness (QED) is 0.654. The number of hydrogen-bond acceptors (Lipinski definition) is 5. The average Bonchev–Trinajstić information content (AvgIpc) is 3.36. The maximum atomic E-state index is 13.5. The fraction of sp³-hybridized carbons (Fsp3) is 0.864. The van der Waals surface area contributed by atoms with Crippen LogP contribution in [0.4, 0.5) is 0 Å². The van der Waals surface area contributed by atoms with Gasteiger partial charge in [-0.3, -0.25) is 4.79 Å². The van der Waals surface area contributed by atoms with Gasteiger partial charge in [-0.15, -0.1) is 0 Å². The highest BCUT2D eigenvalue weighted by atomic mass is 16.7. The molecule has 0 radical (unpaired) electrons. The molecule has 4 atom stereocenters. The SMILES string of the molecule is CC12CC(=O)C3=C4CCC5(C[C@]46CCC36[C@@H]1CCC21OCCO1)OCCO5. The van der Waals surface area contributed by atoms with E-state index >= 15 is 0 Å². The van der Waals surface area contributed by atoms with Crippen LogP contribution in [0.25, 0.3) is 0 Å². The fourth-order valence-corrected chi connectivity index (χ4v) is 8.95. The molecule has 5 aliphatic carbocycles. The minimum atomic E-state index is -0.535. The fourth-order valence-electron chi connectivity index (χ4n) is 8.95. The number of Topliss-reactive ketones (excluding diaryl/α,β-unsaturated/α-hetero) is 1. The van der Waals surface area contributed by atoms with Gasteiger partial charge in [0.1, 0.15) is 0 Å². The lowest BCUT2D eigenvalue weighted by Gasteiger charge is -2.77. The molecule has 6 fully saturated rings. The van der Waals surface area contributed by atoms with Gasteiger partial charge >= 0.3 is 0 Å². The van der Waals surface area contributed by atoms with Gasteiger partial charge in [0, 0.05) is 47.5 Å². The summed E-state index contributed by atoms with van der Waals surface area (Å²) < 4.78 is 24.7. The van der Waals surface area contributed by atoms with Crippen LogP contribution >= 0.6 is 0 Å². The van der Waals surface area contributed by atoms with Crippen LogP contribution in [0.15, 0.2) is 11.1 Å². The number of rotatable bonds is 0. The summed E-state index contributed by atoms with van der Waals surface area (Å²) in [5, 5.41) is 0. The van der Waals surface area contributed by atoms with E-state index in [0.717, 1.165) is 38.5 Å². The van der Waals surface area contributed by atoms with Gasteiger partial charge in [0.15, 0.2) is 17.4 Å². The van der Waals surface area contributed by atoms with Crippen LogP contribution in [0.5, 0.6) is 0 Å². The second kappa shape index (κ2) is 4.53. The van der Waals surface area contributed by atoms with Crippen LogP contribution in [-0.2, 0) is 23.7 Å². The molecule has 0 N–H and O–H groups in total. The normalized spacial score (nSPS) is 50.9. The van der Waals surface area contributed by atoms with Crippen molar-refractivity contribution in [1.82, 2.24) is 0 Å². The largest absolute Gasteiger partial charge is 0.347 e. The lowest BCUT2D eigenvalue weighted by atomic mass is 9.26. The first-order chi connectivity index (χ1) is 13.0.